The van der Waals surface area contributed by atoms with Gasteiger partial charge in [-0.05, 0) is 54.5 Å². The normalized spacial score (nSPS) is 15.2. The van der Waals surface area contributed by atoms with Gasteiger partial charge in [0.25, 0.3) is 0 Å². The summed E-state index contributed by atoms with van der Waals surface area (Å²) >= 11 is 0. The number of unbranched alkanes of at least 4 members (excludes halogenated alkanes) is 2. The molecule has 1 aliphatic carbocycles. The molecule has 2 aromatic carbocycles. The van der Waals surface area contributed by atoms with Crippen LogP contribution < -0.4 is 0 Å². The van der Waals surface area contributed by atoms with Crippen molar-refractivity contribution in [1.29, 1.82) is 0 Å². The summed E-state index contributed by atoms with van der Waals surface area (Å²) in [5, 5.41) is 3.62. The van der Waals surface area contributed by atoms with Crippen molar-refractivity contribution in [3.8, 4) is 11.1 Å². The molecule has 176 valence electrons. The van der Waals surface area contributed by atoms with E-state index in [0.29, 0.717) is 0 Å². The van der Waals surface area contributed by atoms with E-state index >= 15 is 0 Å². The molecule has 4 nitrogen and oxygen atoms in total. The number of ketones is 1. The molecule has 0 heterocycles. The summed E-state index contributed by atoms with van der Waals surface area (Å²) in [5.41, 5.74) is 5.65. The molecule has 0 spiro atoms. The van der Waals surface area contributed by atoms with Crippen LogP contribution in [0.1, 0.15) is 95.8 Å². The van der Waals surface area contributed by atoms with E-state index < -0.39 is 5.41 Å². The number of carbonyl (C=O) groups excluding carboxylic acids is 2. The van der Waals surface area contributed by atoms with E-state index in [0.717, 1.165) is 31.2 Å². The van der Waals surface area contributed by atoms with Gasteiger partial charge in [0.05, 0.1) is 11.6 Å². The Kier molecular flexibility index (Phi) is 7.88. The highest BCUT2D eigenvalue weighted by molar-refractivity contribution is 6.02. The summed E-state index contributed by atoms with van der Waals surface area (Å²) in [6.45, 7) is 10.3. The van der Waals surface area contributed by atoms with Gasteiger partial charge >= 0.3 is 6.47 Å². The maximum Gasteiger partial charge on any atom is 0.323 e. The number of benzene rings is 2. The predicted molar refractivity (Wildman–Crippen MR) is 135 cm³/mol. The first-order valence-electron chi connectivity index (χ1n) is 12.2. The van der Waals surface area contributed by atoms with Crippen LogP contribution in [0.15, 0.2) is 47.6 Å². The van der Waals surface area contributed by atoms with Gasteiger partial charge in [-0.2, -0.15) is 0 Å². The molecule has 0 aliphatic heterocycles. The van der Waals surface area contributed by atoms with E-state index in [1.165, 1.54) is 41.3 Å². The fraction of sp³-hybridized carbons (Fsp3) is 0.483. The summed E-state index contributed by atoms with van der Waals surface area (Å²) in [4.78, 5) is 28.2. The number of rotatable bonds is 12. The summed E-state index contributed by atoms with van der Waals surface area (Å²) < 4.78 is 0. The second-order valence-corrected chi connectivity index (χ2v) is 9.88. The van der Waals surface area contributed by atoms with Crippen molar-refractivity contribution in [3.63, 3.8) is 0 Å². The Morgan fingerprint density at radius 1 is 1.03 bits per heavy atom. The molecule has 0 bridgehead atoms. The summed E-state index contributed by atoms with van der Waals surface area (Å²) in [5.74, 6) is -0.254. The van der Waals surface area contributed by atoms with E-state index in [1.54, 1.807) is 13.8 Å². The van der Waals surface area contributed by atoms with Gasteiger partial charge in [0.2, 0.25) is 0 Å². The first kappa shape index (κ1) is 24.9. The van der Waals surface area contributed by atoms with E-state index in [-0.39, 0.29) is 23.6 Å². The molecular weight excluding hydrogens is 410 g/mol. The monoisotopic (exact) mass is 447 g/mol. The van der Waals surface area contributed by atoms with Gasteiger partial charge < -0.3 is 4.84 Å². The molecule has 0 N–H and O–H groups in total. The number of nitrogens with zero attached hydrogens (tertiary/aromatic N) is 1. The molecule has 2 aromatic rings. The third-order valence-corrected chi connectivity index (χ3v) is 7.21. The number of fused-ring (bicyclic) bond motifs is 3. The number of oxime groups is 1. The van der Waals surface area contributed by atoms with Crippen molar-refractivity contribution in [2.24, 2.45) is 10.6 Å². The Balaban J connectivity index is 2.06. The van der Waals surface area contributed by atoms with Crippen LogP contribution in [0.5, 0.6) is 0 Å². The molecule has 0 aromatic heterocycles. The molecule has 1 unspecified atom stereocenters. The number of carbonyl (C=O) groups is 2. The number of hydrogen-bond acceptors (Lipinski definition) is 4. The fourth-order valence-electron chi connectivity index (χ4n) is 5.32. The molecule has 3 rings (SSSR count). The Hall–Kier alpha value is -2.75. The molecule has 4 heteroatoms. The Morgan fingerprint density at radius 2 is 1.67 bits per heavy atom. The summed E-state index contributed by atoms with van der Waals surface area (Å²) in [7, 11) is 0. The highest BCUT2D eigenvalue weighted by Gasteiger charge is 2.42. The third kappa shape index (κ3) is 4.80. The SMILES string of the molecule is CCCCC1(CCCC)c2ccccc2-c2ccc(C(C)C(=O)C(C)(C)/C=N/OC=O)cc21. The van der Waals surface area contributed by atoms with Gasteiger partial charge in [0.15, 0.2) is 5.78 Å². The van der Waals surface area contributed by atoms with E-state index in [1.807, 2.05) is 6.92 Å². The van der Waals surface area contributed by atoms with Gasteiger partial charge in [-0.1, -0.05) is 94.1 Å². The van der Waals surface area contributed by atoms with Crippen molar-refractivity contribution in [2.45, 2.75) is 84.5 Å². The average molecular weight is 448 g/mol. The maximum atomic E-state index is 13.3. The number of hydrogen-bond donors (Lipinski definition) is 0. The molecule has 0 saturated carbocycles. The standard InChI is InChI=1S/C29H37NO3/c1-6-8-16-29(17-9-7-2)25-13-11-10-12-23(25)24-15-14-22(18-26(24)29)21(3)27(32)28(4,5)19-30-33-20-31/h10-15,18-21H,6-9,16-17H2,1-5H3/b30-19+. The van der Waals surface area contributed by atoms with Crippen LogP contribution in [-0.2, 0) is 19.8 Å². The van der Waals surface area contributed by atoms with Crippen LogP contribution in [0, 0.1) is 5.41 Å². The zero-order chi connectivity index (χ0) is 24.1. The lowest BCUT2D eigenvalue weighted by Crippen LogP contribution is -2.30. The maximum absolute atomic E-state index is 13.3. The Morgan fingerprint density at radius 3 is 2.30 bits per heavy atom. The molecule has 0 radical (unpaired) electrons. The van der Waals surface area contributed by atoms with Gasteiger partial charge in [0.1, 0.15) is 0 Å². The zero-order valence-corrected chi connectivity index (χ0v) is 20.7. The number of Topliss-reactive ketones (excluding diaryl/α,β-unsaturated/α-hetero) is 1. The van der Waals surface area contributed by atoms with E-state index in [2.05, 4.69) is 66.3 Å². The fourth-order valence-corrected chi connectivity index (χ4v) is 5.32. The summed E-state index contributed by atoms with van der Waals surface area (Å²) in [6.07, 6.45) is 8.34. The third-order valence-electron chi connectivity index (χ3n) is 7.21. The van der Waals surface area contributed by atoms with Gasteiger partial charge in [0, 0.05) is 11.3 Å². The van der Waals surface area contributed by atoms with Crippen molar-refractivity contribution in [1.82, 2.24) is 0 Å². The van der Waals surface area contributed by atoms with Crippen LogP contribution in [0.3, 0.4) is 0 Å². The topological polar surface area (TPSA) is 55.7 Å². The molecule has 0 amide bonds. The largest absolute Gasteiger partial charge is 0.323 e. The lowest BCUT2D eigenvalue weighted by atomic mass is 9.70. The Bertz CT molecular complexity index is 1010. The minimum Gasteiger partial charge on any atom is -0.322 e. The van der Waals surface area contributed by atoms with Crippen LogP contribution in [0.25, 0.3) is 11.1 Å². The van der Waals surface area contributed by atoms with Crippen molar-refractivity contribution in [3.05, 3.63) is 59.2 Å². The van der Waals surface area contributed by atoms with Gasteiger partial charge in [-0.15, -0.1) is 0 Å². The molecule has 0 fully saturated rings. The minimum absolute atomic E-state index is 0.00546. The molecular formula is C29H37NO3. The van der Waals surface area contributed by atoms with E-state index in [4.69, 9.17) is 0 Å². The zero-order valence-electron chi connectivity index (χ0n) is 20.7. The van der Waals surface area contributed by atoms with Crippen LogP contribution in [0.4, 0.5) is 0 Å². The molecule has 33 heavy (non-hydrogen) atoms. The molecule has 1 atom stereocenters. The second-order valence-electron chi connectivity index (χ2n) is 9.88. The lowest BCUT2D eigenvalue weighted by molar-refractivity contribution is -0.129. The van der Waals surface area contributed by atoms with Crippen molar-refractivity contribution in [2.75, 3.05) is 0 Å². The van der Waals surface area contributed by atoms with Crippen LogP contribution in [-0.4, -0.2) is 18.5 Å². The Labute approximate surface area is 198 Å². The van der Waals surface area contributed by atoms with Crippen LogP contribution in [0.2, 0.25) is 0 Å². The first-order chi connectivity index (χ1) is 15.8. The highest BCUT2D eigenvalue weighted by Crippen LogP contribution is 2.54. The first-order valence-corrected chi connectivity index (χ1v) is 12.2. The van der Waals surface area contributed by atoms with E-state index in [9.17, 15) is 9.59 Å². The quantitative estimate of drug-likeness (QED) is 0.150. The minimum atomic E-state index is -0.841. The van der Waals surface area contributed by atoms with Crippen molar-refractivity contribution >= 4 is 18.5 Å². The lowest BCUT2D eigenvalue weighted by Gasteiger charge is -2.33. The average Bonchev–Trinajstić information content (AvgIpc) is 3.10. The van der Waals surface area contributed by atoms with Gasteiger partial charge in [-0.3, -0.25) is 9.59 Å². The summed E-state index contributed by atoms with van der Waals surface area (Å²) in [6, 6.07) is 15.4. The van der Waals surface area contributed by atoms with Crippen molar-refractivity contribution < 1.29 is 14.4 Å². The smallest absolute Gasteiger partial charge is 0.322 e. The highest BCUT2D eigenvalue weighted by atomic mass is 16.7. The van der Waals surface area contributed by atoms with Gasteiger partial charge in [-0.25, -0.2) is 0 Å². The second kappa shape index (κ2) is 10.5. The predicted octanol–water partition coefficient (Wildman–Crippen LogP) is 7.19. The molecule has 0 saturated heterocycles. The van der Waals surface area contributed by atoms with Crippen LogP contribution >= 0.6 is 0 Å². The molecule has 1 aliphatic rings.